The highest BCUT2D eigenvalue weighted by Crippen LogP contribution is 2.34. The second-order valence-corrected chi connectivity index (χ2v) is 4.75. The minimum absolute atomic E-state index is 0.0958. The van der Waals surface area contributed by atoms with Crippen molar-refractivity contribution < 1.29 is 9.31 Å². The SMILES string of the molecule is CN(Cc1ccc(F)cc1)c1cccc(Cl)c1[N+](=O)[O-]. The molecule has 0 aromatic heterocycles. The monoisotopic (exact) mass is 294 g/mol. The van der Waals surface area contributed by atoms with Gasteiger partial charge in [0.05, 0.1) is 4.92 Å². The Morgan fingerprint density at radius 1 is 1.25 bits per heavy atom. The molecule has 0 aliphatic rings. The number of anilines is 1. The van der Waals surface area contributed by atoms with Crippen LogP contribution in [-0.4, -0.2) is 12.0 Å². The zero-order valence-electron chi connectivity index (χ0n) is 10.7. The molecule has 6 heteroatoms. The zero-order valence-corrected chi connectivity index (χ0v) is 11.5. The number of nitro groups is 1. The Bertz CT molecular complexity index is 632. The van der Waals surface area contributed by atoms with Crippen LogP contribution in [0, 0.1) is 15.9 Å². The molecule has 4 nitrogen and oxygen atoms in total. The Morgan fingerprint density at radius 2 is 1.90 bits per heavy atom. The number of hydrogen-bond acceptors (Lipinski definition) is 3. The number of nitro benzene ring substituents is 1. The summed E-state index contributed by atoms with van der Waals surface area (Å²) in [6, 6.07) is 10.8. The topological polar surface area (TPSA) is 46.4 Å². The number of hydrogen-bond donors (Lipinski definition) is 0. The first-order valence-corrected chi connectivity index (χ1v) is 6.25. The van der Waals surface area contributed by atoms with Gasteiger partial charge < -0.3 is 4.90 Å². The van der Waals surface area contributed by atoms with Crippen molar-refractivity contribution in [3.63, 3.8) is 0 Å². The average Bonchev–Trinajstić information content (AvgIpc) is 2.40. The van der Waals surface area contributed by atoms with Gasteiger partial charge in [-0.1, -0.05) is 29.8 Å². The summed E-state index contributed by atoms with van der Waals surface area (Å²) in [6.07, 6.45) is 0. The predicted octanol–water partition coefficient (Wildman–Crippen LogP) is 4.02. The van der Waals surface area contributed by atoms with Crippen LogP contribution in [0.1, 0.15) is 5.56 Å². The number of nitrogens with zero attached hydrogens (tertiary/aromatic N) is 2. The molecule has 0 bridgehead atoms. The third kappa shape index (κ3) is 3.05. The third-order valence-electron chi connectivity index (χ3n) is 2.89. The number of benzene rings is 2. The Morgan fingerprint density at radius 3 is 2.50 bits per heavy atom. The molecule has 2 aromatic rings. The molecule has 2 rings (SSSR count). The zero-order chi connectivity index (χ0) is 14.7. The molecule has 0 N–H and O–H groups in total. The van der Waals surface area contributed by atoms with Gasteiger partial charge in [-0.15, -0.1) is 0 Å². The molecule has 0 spiro atoms. The lowest BCUT2D eigenvalue weighted by molar-refractivity contribution is -0.384. The summed E-state index contributed by atoms with van der Waals surface area (Å²) in [7, 11) is 1.72. The summed E-state index contributed by atoms with van der Waals surface area (Å²) >= 11 is 5.87. The van der Waals surface area contributed by atoms with Crippen molar-refractivity contribution in [3.8, 4) is 0 Å². The fraction of sp³-hybridized carbons (Fsp3) is 0.143. The number of para-hydroxylation sites is 1. The van der Waals surface area contributed by atoms with Gasteiger partial charge in [-0.25, -0.2) is 4.39 Å². The van der Waals surface area contributed by atoms with Crippen LogP contribution < -0.4 is 4.90 Å². The first-order valence-electron chi connectivity index (χ1n) is 5.87. The fourth-order valence-electron chi connectivity index (χ4n) is 1.94. The first-order chi connectivity index (χ1) is 9.49. The molecular formula is C14H12ClFN2O2. The van der Waals surface area contributed by atoms with Gasteiger partial charge in [-0.3, -0.25) is 10.1 Å². The highest BCUT2D eigenvalue weighted by Gasteiger charge is 2.21. The van der Waals surface area contributed by atoms with Crippen molar-refractivity contribution in [1.29, 1.82) is 0 Å². The van der Waals surface area contributed by atoms with Crippen LogP contribution in [0.2, 0.25) is 5.02 Å². The van der Waals surface area contributed by atoms with E-state index in [1.165, 1.54) is 18.2 Å². The van der Waals surface area contributed by atoms with E-state index < -0.39 is 4.92 Å². The first kappa shape index (κ1) is 14.3. The van der Waals surface area contributed by atoms with E-state index in [-0.39, 0.29) is 16.5 Å². The van der Waals surface area contributed by atoms with Crippen LogP contribution in [0.4, 0.5) is 15.8 Å². The minimum atomic E-state index is -0.501. The third-order valence-corrected chi connectivity index (χ3v) is 3.20. The maximum atomic E-state index is 12.8. The number of rotatable bonds is 4. The molecule has 0 saturated heterocycles. The Hall–Kier alpha value is -2.14. The molecule has 0 radical (unpaired) electrons. The molecular weight excluding hydrogens is 283 g/mol. The van der Waals surface area contributed by atoms with Crippen molar-refractivity contribution in [3.05, 3.63) is 69.0 Å². The molecule has 0 fully saturated rings. The lowest BCUT2D eigenvalue weighted by atomic mass is 10.2. The molecule has 104 valence electrons. The molecule has 0 amide bonds. The molecule has 0 unspecified atom stereocenters. The summed E-state index contributed by atoms with van der Waals surface area (Å²) in [5.41, 5.74) is 1.15. The van der Waals surface area contributed by atoms with Crippen LogP contribution in [0.15, 0.2) is 42.5 Å². The maximum absolute atomic E-state index is 12.8. The van der Waals surface area contributed by atoms with Gasteiger partial charge in [-0.05, 0) is 29.8 Å². The summed E-state index contributed by atoms with van der Waals surface area (Å²) in [4.78, 5) is 12.3. The Balaban J connectivity index is 2.29. The summed E-state index contributed by atoms with van der Waals surface area (Å²) in [5.74, 6) is -0.315. The predicted molar refractivity (Wildman–Crippen MR) is 76.6 cm³/mol. The molecule has 0 saturated carbocycles. The van der Waals surface area contributed by atoms with Gasteiger partial charge in [0.2, 0.25) is 0 Å². The Labute approximate surface area is 120 Å². The quantitative estimate of drug-likeness (QED) is 0.632. The van der Waals surface area contributed by atoms with E-state index in [0.717, 1.165) is 5.56 Å². The van der Waals surface area contributed by atoms with E-state index in [4.69, 9.17) is 11.6 Å². The van der Waals surface area contributed by atoms with Crippen molar-refractivity contribution in [2.24, 2.45) is 0 Å². The highest BCUT2D eigenvalue weighted by molar-refractivity contribution is 6.33. The average molecular weight is 295 g/mol. The van der Waals surface area contributed by atoms with Gasteiger partial charge in [0.1, 0.15) is 16.5 Å². The molecule has 2 aromatic carbocycles. The van der Waals surface area contributed by atoms with Crippen LogP contribution in [0.5, 0.6) is 0 Å². The van der Waals surface area contributed by atoms with Crippen LogP contribution >= 0.6 is 11.6 Å². The maximum Gasteiger partial charge on any atom is 0.310 e. The van der Waals surface area contributed by atoms with E-state index in [1.807, 2.05) is 0 Å². The van der Waals surface area contributed by atoms with Gasteiger partial charge >= 0.3 is 5.69 Å². The van der Waals surface area contributed by atoms with E-state index in [0.29, 0.717) is 12.2 Å². The van der Waals surface area contributed by atoms with Crippen molar-refractivity contribution in [2.45, 2.75) is 6.54 Å². The highest BCUT2D eigenvalue weighted by atomic mass is 35.5. The molecule has 0 aliphatic carbocycles. The van der Waals surface area contributed by atoms with Gasteiger partial charge in [0.15, 0.2) is 0 Å². The van der Waals surface area contributed by atoms with Crippen molar-refractivity contribution >= 4 is 23.0 Å². The lowest BCUT2D eigenvalue weighted by Crippen LogP contribution is -2.17. The van der Waals surface area contributed by atoms with E-state index in [9.17, 15) is 14.5 Å². The summed E-state index contributed by atoms with van der Waals surface area (Å²) in [6.45, 7) is 0.418. The molecule has 0 heterocycles. The summed E-state index contributed by atoms with van der Waals surface area (Å²) < 4.78 is 12.8. The van der Waals surface area contributed by atoms with E-state index >= 15 is 0 Å². The molecule has 0 atom stereocenters. The van der Waals surface area contributed by atoms with Crippen molar-refractivity contribution in [2.75, 3.05) is 11.9 Å². The minimum Gasteiger partial charge on any atom is -0.365 e. The Kier molecular flexibility index (Phi) is 4.20. The van der Waals surface area contributed by atoms with E-state index in [1.54, 1.807) is 36.2 Å². The fourth-order valence-corrected chi connectivity index (χ4v) is 2.18. The van der Waals surface area contributed by atoms with Crippen LogP contribution in [-0.2, 0) is 6.54 Å². The standard InChI is InChI=1S/C14H12ClFN2O2/c1-17(9-10-5-7-11(16)8-6-10)13-4-2-3-12(15)14(13)18(19)20/h2-8H,9H2,1H3. The van der Waals surface area contributed by atoms with Crippen LogP contribution in [0.25, 0.3) is 0 Å². The summed E-state index contributed by atoms with van der Waals surface area (Å²) in [5, 5.41) is 11.2. The van der Waals surface area contributed by atoms with Crippen molar-refractivity contribution in [1.82, 2.24) is 0 Å². The van der Waals surface area contributed by atoms with E-state index in [2.05, 4.69) is 0 Å². The molecule has 20 heavy (non-hydrogen) atoms. The van der Waals surface area contributed by atoms with Gasteiger partial charge in [0, 0.05) is 13.6 Å². The molecule has 0 aliphatic heterocycles. The van der Waals surface area contributed by atoms with Gasteiger partial charge in [-0.2, -0.15) is 0 Å². The second kappa shape index (κ2) is 5.88. The normalized spacial score (nSPS) is 10.3. The number of halogens is 2. The van der Waals surface area contributed by atoms with Crippen LogP contribution in [0.3, 0.4) is 0 Å². The second-order valence-electron chi connectivity index (χ2n) is 4.35. The lowest BCUT2D eigenvalue weighted by Gasteiger charge is -2.19. The smallest absolute Gasteiger partial charge is 0.310 e. The van der Waals surface area contributed by atoms with Gasteiger partial charge in [0.25, 0.3) is 0 Å². The largest absolute Gasteiger partial charge is 0.365 e.